The first kappa shape index (κ1) is 11.9. The van der Waals surface area contributed by atoms with Gasteiger partial charge in [0.1, 0.15) is 0 Å². The van der Waals surface area contributed by atoms with Crippen LogP contribution in [-0.2, 0) is 0 Å². The summed E-state index contributed by atoms with van der Waals surface area (Å²) in [6.45, 7) is 5.24. The normalized spacial score (nSPS) is 35.1. The second-order valence-electron chi connectivity index (χ2n) is 4.78. The molecule has 0 aromatic carbocycles. The van der Waals surface area contributed by atoms with E-state index in [1.165, 1.54) is 0 Å². The average Bonchev–Trinajstić information content (AvgIpc) is 2.10. The van der Waals surface area contributed by atoms with Crippen LogP contribution in [0, 0.1) is 5.92 Å². The Bertz CT molecular complexity index is 183. The molecule has 0 spiro atoms. The van der Waals surface area contributed by atoms with Crippen molar-refractivity contribution in [1.82, 2.24) is 15.3 Å². The van der Waals surface area contributed by atoms with Crippen LogP contribution in [-0.4, -0.2) is 56.2 Å². The Kier molecular flexibility index (Phi) is 3.89. The summed E-state index contributed by atoms with van der Waals surface area (Å²) in [7, 11) is 6.23. The van der Waals surface area contributed by atoms with Gasteiger partial charge in [-0.1, -0.05) is 6.92 Å². The SMILES string of the molecule is CC1CN(C)CCC1(CN)NN(C)C. The largest absolute Gasteiger partial charge is 0.329 e. The van der Waals surface area contributed by atoms with Crippen LogP contribution in [0.15, 0.2) is 0 Å². The molecule has 0 amide bonds. The predicted octanol–water partition coefficient (Wildman–Crippen LogP) is -0.278. The molecule has 0 aromatic rings. The Morgan fingerprint density at radius 3 is 2.64 bits per heavy atom. The van der Waals surface area contributed by atoms with Gasteiger partial charge in [0.25, 0.3) is 0 Å². The van der Waals surface area contributed by atoms with Crippen LogP contribution in [0.2, 0.25) is 0 Å². The number of hydrogen-bond donors (Lipinski definition) is 2. The summed E-state index contributed by atoms with van der Waals surface area (Å²) < 4.78 is 0. The Morgan fingerprint density at radius 2 is 2.21 bits per heavy atom. The van der Waals surface area contributed by atoms with Crippen LogP contribution in [0.1, 0.15) is 13.3 Å². The van der Waals surface area contributed by atoms with E-state index < -0.39 is 0 Å². The Balaban J connectivity index is 2.67. The van der Waals surface area contributed by atoms with E-state index >= 15 is 0 Å². The Morgan fingerprint density at radius 1 is 1.57 bits per heavy atom. The second kappa shape index (κ2) is 4.57. The predicted molar refractivity (Wildman–Crippen MR) is 59.9 cm³/mol. The first-order valence-electron chi connectivity index (χ1n) is 5.34. The molecule has 84 valence electrons. The fourth-order valence-electron chi connectivity index (χ4n) is 2.33. The van der Waals surface area contributed by atoms with Gasteiger partial charge in [0.05, 0.1) is 0 Å². The van der Waals surface area contributed by atoms with Gasteiger partial charge in [-0.25, -0.2) is 5.43 Å². The minimum Gasteiger partial charge on any atom is -0.329 e. The van der Waals surface area contributed by atoms with Crippen molar-refractivity contribution in [3.05, 3.63) is 0 Å². The molecule has 2 unspecified atom stereocenters. The molecule has 1 saturated heterocycles. The van der Waals surface area contributed by atoms with Gasteiger partial charge in [-0.15, -0.1) is 0 Å². The van der Waals surface area contributed by atoms with Crippen molar-refractivity contribution in [3.63, 3.8) is 0 Å². The van der Waals surface area contributed by atoms with Crippen molar-refractivity contribution >= 4 is 0 Å². The van der Waals surface area contributed by atoms with Crippen molar-refractivity contribution in [1.29, 1.82) is 0 Å². The Hall–Kier alpha value is -0.160. The van der Waals surface area contributed by atoms with Crippen LogP contribution in [0.25, 0.3) is 0 Å². The summed E-state index contributed by atoms with van der Waals surface area (Å²) in [5, 5.41) is 2.02. The lowest BCUT2D eigenvalue weighted by Gasteiger charge is -2.47. The van der Waals surface area contributed by atoms with Crippen molar-refractivity contribution in [2.24, 2.45) is 11.7 Å². The zero-order valence-electron chi connectivity index (χ0n) is 9.88. The van der Waals surface area contributed by atoms with Crippen molar-refractivity contribution in [2.75, 3.05) is 40.8 Å². The monoisotopic (exact) mass is 200 g/mol. The van der Waals surface area contributed by atoms with Crippen molar-refractivity contribution < 1.29 is 0 Å². The van der Waals surface area contributed by atoms with Gasteiger partial charge in [-0.05, 0) is 25.9 Å². The van der Waals surface area contributed by atoms with Crippen LogP contribution >= 0.6 is 0 Å². The first-order valence-corrected chi connectivity index (χ1v) is 5.34. The molecule has 0 bridgehead atoms. The van der Waals surface area contributed by atoms with Crippen LogP contribution in [0.4, 0.5) is 0 Å². The minimum absolute atomic E-state index is 0.0933. The number of nitrogens with zero attached hydrogens (tertiary/aromatic N) is 2. The summed E-state index contributed by atoms with van der Waals surface area (Å²) in [4.78, 5) is 2.37. The zero-order chi connectivity index (χ0) is 10.8. The second-order valence-corrected chi connectivity index (χ2v) is 4.78. The molecule has 0 saturated carbocycles. The molecule has 1 aliphatic rings. The molecule has 1 rings (SSSR count). The fraction of sp³-hybridized carbons (Fsp3) is 1.00. The van der Waals surface area contributed by atoms with Gasteiger partial charge in [-0.2, -0.15) is 0 Å². The van der Waals surface area contributed by atoms with E-state index in [9.17, 15) is 0 Å². The number of hydrogen-bond acceptors (Lipinski definition) is 4. The highest BCUT2D eigenvalue weighted by molar-refractivity contribution is 4.97. The zero-order valence-corrected chi connectivity index (χ0v) is 9.88. The van der Waals surface area contributed by atoms with Gasteiger partial charge >= 0.3 is 0 Å². The van der Waals surface area contributed by atoms with E-state index in [0.29, 0.717) is 12.5 Å². The Labute approximate surface area is 87.4 Å². The van der Waals surface area contributed by atoms with Crippen LogP contribution < -0.4 is 11.2 Å². The van der Waals surface area contributed by atoms with Crippen molar-refractivity contribution in [3.8, 4) is 0 Å². The molecule has 0 radical (unpaired) electrons. The maximum atomic E-state index is 5.91. The molecule has 0 aromatic heterocycles. The van der Waals surface area contributed by atoms with Crippen molar-refractivity contribution in [2.45, 2.75) is 18.9 Å². The standard InChI is InChI=1S/C10H24N4/c1-9-7-14(4)6-5-10(9,8-11)12-13(2)3/h9,12H,5-8,11H2,1-4H3. The minimum atomic E-state index is 0.0933. The quantitative estimate of drug-likeness (QED) is 0.615. The molecule has 1 fully saturated rings. The first-order chi connectivity index (χ1) is 6.50. The number of likely N-dealkylation sites (tertiary alicyclic amines) is 1. The van der Waals surface area contributed by atoms with Gasteiger partial charge in [0.2, 0.25) is 0 Å². The summed E-state index contributed by atoms with van der Waals surface area (Å²) >= 11 is 0. The molecule has 0 aliphatic carbocycles. The van der Waals surface area contributed by atoms with E-state index in [1.807, 2.05) is 19.1 Å². The smallest absolute Gasteiger partial charge is 0.0497 e. The lowest BCUT2D eigenvalue weighted by molar-refractivity contribution is 0.0443. The van der Waals surface area contributed by atoms with E-state index in [2.05, 4.69) is 24.3 Å². The number of hydrazine groups is 1. The maximum absolute atomic E-state index is 5.91. The lowest BCUT2D eigenvalue weighted by atomic mass is 9.79. The molecular formula is C10H24N4. The van der Waals surface area contributed by atoms with E-state index in [1.54, 1.807) is 0 Å². The third kappa shape index (κ3) is 2.45. The highest BCUT2D eigenvalue weighted by Crippen LogP contribution is 2.26. The molecule has 1 heterocycles. The number of nitrogens with one attached hydrogen (secondary N) is 1. The fourth-order valence-corrected chi connectivity index (χ4v) is 2.33. The van der Waals surface area contributed by atoms with Gasteiger partial charge in [0.15, 0.2) is 0 Å². The van der Waals surface area contributed by atoms with Gasteiger partial charge in [-0.3, -0.25) is 5.01 Å². The van der Waals surface area contributed by atoms with Gasteiger partial charge in [0, 0.05) is 32.7 Å². The van der Waals surface area contributed by atoms with E-state index in [-0.39, 0.29) is 5.54 Å². The van der Waals surface area contributed by atoms with E-state index in [0.717, 1.165) is 19.5 Å². The number of nitrogens with two attached hydrogens (primary N) is 1. The molecular weight excluding hydrogens is 176 g/mol. The third-order valence-electron chi connectivity index (χ3n) is 3.28. The molecule has 4 nitrogen and oxygen atoms in total. The van der Waals surface area contributed by atoms with E-state index in [4.69, 9.17) is 5.73 Å². The third-order valence-corrected chi connectivity index (χ3v) is 3.28. The lowest BCUT2D eigenvalue weighted by Crippen LogP contribution is -2.65. The molecule has 1 aliphatic heterocycles. The summed E-state index contributed by atoms with van der Waals surface area (Å²) in [6.07, 6.45) is 1.12. The molecule has 14 heavy (non-hydrogen) atoms. The van der Waals surface area contributed by atoms with Crippen LogP contribution in [0.3, 0.4) is 0 Å². The summed E-state index contributed by atoms with van der Waals surface area (Å²) in [5.74, 6) is 0.591. The summed E-state index contributed by atoms with van der Waals surface area (Å²) in [6, 6.07) is 0. The van der Waals surface area contributed by atoms with Crippen LogP contribution in [0.5, 0.6) is 0 Å². The maximum Gasteiger partial charge on any atom is 0.0497 e. The highest BCUT2D eigenvalue weighted by Gasteiger charge is 2.38. The molecule has 2 atom stereocenters. The number of piperidine rings is 1. The molecule has 3 N–H and O–H groups in total. The highest BCUT2D eigenvalue weighted by atomic mass is 15.5. The average molecular weight is 200 g/mol. The summed E-state index contributed by atoms with van der Waals surface area (Å²) in [5.41, 5.74) is 9.50. The molecule has 4 heteroatoms. The van der Waals surface area contributed by atoms with Gasteiger partial charge < -0.3 is 10.6 Å². The topological polar surface area (TPSA) is 44.5 Å². The number of rotatable bonds is 3.